The lowest BCUT2D eigenvalue weighted by molar-refractivity contribution is 0.301. The van der Waals surface area contributed by atoms with Gasteiger partial charge in [0.05, 0.1) is 12.3 Å². The molecule has 0 saturated carbocycles. The maximum atomic E-state index is 14.2. The zero-order valence-corrected chi connectivity index (χ0v) is 12.8. The molecule has 0 amide bonds. The summed E-state index contributed by atoms with van der Waals surface area (Å²) in [6.45, 7) is 8.17. The average Bonchev–Trinajstić information content (AvgIpc) is 2.41. The molecule has 1 aromatic carbocycles. The summed E-state index contributed by atoms with van der Waals surface area (Å²) in [7, 11) is 0. The van der Waals surface area contributed by atoms with E-state index >= 15 is 0 Å². The first-order chi connectivity index (χ1) is 9.60. The summed E-state index contributed by atoms with van der Waals surface area (Å²) < 4.78 is 14.2. The molecule has 1 rings (SSSR count). The third-order valence-corrected chi connectivity index (χ3v) is 3.24. The molecule has 0 atom stereocenters. The van der Waals surface area contributed by atoms with Gasteiger partial charge < -0.3 is 15.3 Å². The molecule has 20 heavy (non-hydrogen) atoms. The van der Waals surface area contributed by atoms with Crippen LogP contribution in [0, 0.1) is 5.82 Å². The molecule has 0 bridgehead atoms. The van der Waals surface area contributed by atoms with Crippen LogP contribution in [0.25, 0.3) is 0 Å². The molecular formula is C16H27FN2O. The van der Waals surface area contributed by atoms with Gasteiger partial charge >= 0.3 is 0 Å². The molecule has 0 heterocycles. The minimum absolute atomic E-state index is 0.0368. The summed E-state index contributed by atoms with van der Waals surface area (Å²) in [6, 6.07) is 5.54. The number of nitrogens with one attached hydrogen (secondary N) is 1. The van der Waals surface area contributed by atoms with Gasteiger partial charge in [0.25, 0.3) is 0 Å². The number of rotatable bonds is 9. The molecule has 0 aromatic heterocycles. The van der Waals surface area contributed by atoms with Crippen molar-refractivity contribution in [3.05, 3.63) is 29.6 Å². The van der Waals surface area contributed by atoms with Gasteiger partial charge in [-0.1, -0.05) is 39.3 Å². The average molecular weight is 282 g/mol. The Balaban J connectivity index is 2.97. The largest absolute Gasteiger partial charge is 0.395 e. The molecule has 1 aromatic rings. The van der Waals surface area contributed by atoms with E-state index in [1.807, 2.05) is 11.0 Å². The molecule has 114 valence electrons. The van der Waals surface area contributed by atoms with Crippen LogP contribution in [0.15, 0.2) is 18.2 Å². The Morgan fingerprint density at radius 2 is 2.05 bits per heavy atom. The van der Waals surface area contributed by atoms with Crippen LogP contribution in [0.2, 0.25) is 0 Å². The zero-order chi connectivity index (χ0) is 15.0. The van der Waals surface area contributed by atoms with Gasteiger partial charge in [0.2, 0.25) is 0 Å². The first kappa shape index (κ1) is 16.9. The minimum Gasteiger partial charge on any atom is -0.395 e. The Kier molecular flexibility index (Phi) is 7.55. The van der Waals surface area contributed by atoms with Crippen LogP contribution in [-0.4, -0.2) is 30.8 Å². The number of nitrogens with zero attached hydrogens (tertiary/aromatic N) is 1. The number of aliphatic hydroxyl groups excluding tert-OH is 1. The lowest BCUT2D eigenvalue weighted by Gasteiger charge is -2.27. The highest BCUT2D eigenvalue weighted by atomic mass is 19.1. The van der Waals surface area contributed by atoms with Gasteiger partial charge in [0.1, 0.15) is 5.82 Å². The smallest absolute Gasteiger partial charge is 0.146 e. The Morgan fingerprint density at radius 1 is 1.30 bits per heavy atom. The molecule has 4 heteroatoms. The summed E-state index contributed by atoms with van der Waals surface area (Å²) in [4.78, 5) is 1.95. The van der Waals surface area contributed by atoms with E-state index < -0.39 is 0 Å². The fraction of sp³-hybridized carbons (Fsp3) is 0.625. The Bertz CT molecular complexity index is 396. The van der Waals surface area contributed by atoms with Crippen molar-refractivity contribution in [1.29, 1.82) is 0 Å². The maximum Gasteiger partial charge on any atom is 0.146 e. The van der Waals surface area contributed by atoms with Crippen molar-refractivity contribution in [2.45, 2.75) is 46.2 Å². The minimum atomic E-state index is -0.211. The van der Waals surface area contributed by atoms with Crippen molar-refractivity contribution in [2.24, 2.45) is 0 Å². The fourth-order valence-corrected chi connectivity index (χ4v) is 2.18. The summed E-state index contributed by atoms with van der Waals surface area (Å²) in [5.41, 5.74) is 1.58. The number of benzene rings is 1. The second-order valence-electron chi connectivity index (χ2n) is 5.35. The summed E-state index contributed by atoms with van der Waals surface area (Å²) in [6.07, 6.45) is 2.04. The highest BCUT2D eigenvalue weighted by Crippen LogP contribution is 2.25. The second-order valence-corrected chi connectivity index (χ2v) is 5.35. The van der Waals surface area contributed by atoms with Gasteiger partial charge in [-0.3, -0.25) is 0 Å². The van der Waals surface area contributed by atoms with Crippen molar-refractivity contribution in [3.8, 4) is 0 Å². The number of unbranched alkanes of at least 4 members (excludes halogenated alkanes) is 1. The van der Waals surface area contributed by atoms with E-state index in [-0.39, 0.29) is 12.4 Å². The van der Waals surface area contributed by atoms with E-state index in [0.29, 0.717) is 24.8 Å². The summed E-state index contributed by atoms with van der Waals surface area (Å²) in [5.74, 6) is -0.211. The van der Waals surface area contributed by atoms with Crippen LogP contribution in [0.4, 0.5) is 10.1 Å². The predicted octanol–water partition coefficient (Wildman–Crippen LogP) is 2.92. The molecule has 0 fully saturated rings. The number of halogens is 1. The zero-order valence-electron chi connectivity index (χ0n) is 12.8. The first-order valence-corrected chi connectivity index (χ1v) is 7.46. The topological polar surface area (TPSA) is 35.5 Å². The number of hydrogen-bond donors (Lipinski definition) is 2. The molecule has 2 N–H and O–H groups in total. The SMILES string of the molecule is CCCCN(CCO)c1c(F)cccc1CNC(C)C. The molecular weight excluding hydrogens is 255 g/mol. The Hall–Kier alpha value is -1.13. The third kappa shape index (κ3) is 5.10. The summed E-state index contributed by atoms with van der Waals surface area (Å²) >= 11 is 0. The van der Waals surface area contributed by atoms with E-state index in [0.717, 1.165) is 24.9 Å². The third-order valence-electron chi connectivity index (χ3n) is 3.24. The van der Waals surface area contributed by atoms with Gasteiger partial charge in [-0.25, -0.2) is 4.39 Å². The van der Waals surface area contributed by atoms with Gasteiger partial charge in [0, 0.05) is 25.7 Å². The predicted molar refractivity (Wildman–Crippen MR) is 82.6 cm³/mol. The highest BCUT2D eigenvalue weighted by Gasteiger charge is 2.15. The fourth-order valence-electron chi connectivity index (χ4n) is 2.18. The van der Waals surface area contributed by atoms with Crippen LogP contribution >= 0.6 is 0 Å². The van der Waals surface area contributed by atoms with Crippen molar-refractivity contribution in [2.75, 3.05) is 24.6 Å². The van der Waals surface area contributed by atoms with Crippen molar-refractivity contribution in [1.82, 2.24) is 5.32 Å². The Morgan fingerprint density at radius 3 is 2.65 bits per heavy atom. The van der Waals surface area contributed by atoms with Crippen molar-refractivity contribution >= 4 is 5.69 Å². The molecule has 3 nitrogen and oxygen atoms in total. The summed E-state index contributed by atoms with van der Waals surface area (Å²) in [5, 5.41) is 12.5. The van der Waals surface area contributed by atoms with E-state index in [2.05, 4.69) is 26.1 Å². The van der Waals surface area contributed by atoms with Gasteiger partial charge in [-0.2, -0.15) is 0 Å². The molecule has 0 aliphatic rings. The standard InChI is InChI=1S/C16H27FN2O/c1-4-5-9-19(10-11-20)16-14(12-18-13(2)3)7-6-8-15(16)17/h6-8,13,18,20H,4-5,9-12H2,1-3H3. The van der Waals surface area contributed by atoms with Gasteiger partial charge in [-0.05, 0) is 18.1 Å². The molecule has 0 radical (unpaired) electrons. The number of anilines is 1. The highest BCUT2D eigenvalue weighted by molar-refractivity contribution is 5.55. The molecule has 0 aliphatic heterocycles. The van der Waals surface area contributed by atoms with Gasteiger partial charge in [0.15, 0.2) is 0 Å². The lowest BCUT2D eigenvalue weighted by Crippen LogP contribution is -2.31. The van der Waals surface area contributed by atoms with Crippen LogP contribution in [0.1, 0.15) is 39.2 Å². The van der Waals surface area contributed by atoms with E-state index in [9.17, 15) is 9.50 Å². The van der Waals surface area contributed by atoms with E-state index in [1.54, 1.807) is 6.07 Å². The number of hydrogen-bond acceptors (Lipinski definition) is 3. The van der Waals surface area contributed by atoms with Crippen LogP contribution in [0.5, 0.6) is 0 Å². The molecule has 0 spiro atoms. The first-order valence-electron chi connectivity index (χ1n) is 7.46. The van der Waals surface area contributed by atoms with E-state index in [4.69, 9.17) is 0 Å². The Labute approximate surface area is 121 Å². The van der Waals surface area contributed by atoms with Gasteiger partial charge in [-0.15, -0.1) is 0 Å². The van der Waals surface area contributed by atoms with Crippen molar-refractivity contribution in [3.63, 3.8) is 0 Å². The van der Waals surface area contributed by atoms with Crippen LogP contribution in [-0.2, 0) is 6.54 Å². The second kappa shape index (κ2) is 8.93. The maximum absolute atomic E-state index is 14.2. The normalized spacial score (nSPS) is 11.1. The van der Waals surface area contributed by atoms with E-state index in [1.165, 1.54) is 6.07 Å². The lowest BCUT2D eigenvalue weighted by atomic mass is 10.1. The molecule has 0 saturated heterocycles. The number of aliphatic hydroxyl groups is 1. The van der Waals surface area contributed by atoms with Crippen LogP contribution < -0.4 is 10.2 Å². The number of para-hydroxylation sites is 1. The van der Waals surface area contributed by atoms with Crippen molar-refractivity contribution < 1.29 is 9.50 Å². The van der Waals surface area contributed by atoms with Crippen LogP contribution in [0.3, 0.4) is 0 Å². The molecule has 0 aliphatic carbocycles. The molecule has 0 unspecified atom stereocenters. The quantitative estimate of drug-likeness (QED) is 0.731. The monoisotopic (exact) mass is 282 g/mol.